The van der Waals surface area contributed by atoms with E-state index in [-0.39, 0.29) is 0 Å². The van der Waals surface area contributed by atoms with Crippen LogP contribution in [-0.2, 0) is 0 Å². The molecule has 0 aliphatic rings. The van der Waals surface area contributed by atoms with E-state index in [4.69, 9.17) is 5.73 Å². The average molecular weight is 193 g/mol. The van der Waals surface area contributed by atoms with Crippen molar-refractivity contribution in [1.82, 2.24) is 4.98 Å². The topological polar surface area (TPSA) is 50.9 Å². The first-order valence-corrected chi connectivity index (χ1v) is 5.29. The van der Waals surface area contributed by atoms with Crippen LogP contribution < -0.4 is 11.1 Å². The van der Waals surface area contributed by atoms with E-state index in [1.165, 1.54) is 25.7 Å². The molecule has 0 spiro atoms. The van der Waals surface area contributed by atoms with Gasteiger partial charge in [-0.05, 0) is 18.6 Å². The van der Waals surface area contributed by atoms with Gasteiger partial charge in [0, 0.05) is 6.54 Å². The van der Waals surface area contributed by atoms with Crippen molar-refractivity contribution < 1.29 is 0 Å². The van der Waals surface area contributed by atoms with Gasteiger partial charge in [0.15, 0.2) is 0 Å². The third-order valence-electron chi connectivity index (χ3n) is 2.11. The highest BCUT2D eigenvalue weighted by atomic mass is 15.0. The first kappa shape index (κ1) is 10.8. The molecule has 0 radical (unpaired) electrons. The van der Waals surface area contributed by atoms with Crippen molar-refractivity contribution in [1.29, 1.82) is 0 Å². The Morgan fingerprint density at radius 2 is 2.14 bits per heavy atom. The molecule has 0 aromatic carbocycles. The molecule has 3 nitrogen and oxygen atoms in total. The molecule has 0 bridgehead atoms. The monoisotopic (exact) mass is 193 g/mol. The molecule has 0 unspecified atom stereocenters. The predicted octanol–water partition coefficient (Wildman–Crippen LogP) is 2.66. The summed E-state index contributed by atoms with van der Waals surface area (Å²) in [6.45, 7) is 3.20. The summed E-state index contributed by atoms with van der Waals surface area (Å²) in [5.74, 6) is 1.45. The number of anilines is 2. The number of aromatic nitrogens is 1. The molecule has 0 aliphatic carbocycles. The molecule has 3 N–H and O–H groups in total. The third kappa shape index (κ3) is 4.12. The molecule has 0 saturated carbocycles. The minimum atomic E-state index is 0.573. The zero-order valence-electron chi connectivity index (χ0n) is 8.79. The highest BCUT2D eigenvalue weighted by Crippen LogP contribution is 2.06. The lowest BCUT2D eigenvalue weighted by atomic mass is 10.2. The summed E-state index contributed by atoms with van der Waals surface area (Å²) >= 11 is 0. The number of hydrogen-bond acceptors (Lipinski definition) is 3. The number of unbranched alkanes of at least 4 members (excludes halogenated alkanes) is 3. The predicted molar refractivity (Wildman–Crippen MR) is 61.3 cm³/mol. The van der Waals surface area contributed by atoms with Crippen molar-refractivity contribution in [2.75, 3.05) is 17.6 Å². The van der Waals surface area contributed by atoms with Crippen molar-refractivity contribution in [3.05, 3.63) is 18.2 Å². The van der Waals surface area contributed by atoms with Gasteiger partial charge in [0.2, 0.25) is 0 Å². The van der Waals surface area contributed by atoms with Crippen molar-refractivity contribution in [2.45, 2.75) is 32.6 Å². The normalized spacial score (nSPS) is 10.1. The van der Waals surface area contributed by atoms with Gasteiger partial charge in [0.25, 0.3) is 0 Å². The minimum Gasteiger partial charge on any atom is -0.384 e. The Hall–Kier alpha value is -1.25. The summed E-state index contributed by atoms with van der Waals surface area (Å²) in [7, 11) is 0. The SMILES string of the molecule is CCCCCCNc1cccc(N)n1. The van der Waals surface area contributed by atoms with Crippen LogP contribution in [0.5, 0.6) is 0 Å². The Morgan fingerprint density at radius 3 is 2.86 bits per heavy atom. The van der Waals surface area contributed by atoms with Crippen LogP contribution in [0.2, 0.25) is 0 Å². The molecular formula is C11H19N3. The Labute approximate surface area is 85.7 Å². The Bertz CT molecular complexity index is 260. The maximum absolute atomic E-state index is 5.56. The van der Waals surface area contributed by atoms with Crippen LogP contribution in [0.4, 0.5) is 11.6 Å². The van der Waals surface area contributed by atoms with Gasteiger partial charge in [0.1, 0.15) is 11.6 Å². The van der Waals surface area contributed by atoms with E-state index in [0.29, 0.717) is 5.82 Å². The summed E-state index contributed by atoms with van der Waals surface area (Å²) < 4.78 is 0. The molecule has 1 rings (SSSR count). The van der Waals surface area contributed by atoms with Crippen LogP contribution in [0, 0.1) is 0 Å². The van der Waals surface area contributed by atoms with E-state index in [1.807, 2.05) is 12.1 Å². The van der Waals surface area contributed by atoms with E-state index in [2.05, 4.69) is 17.2 Å². The van der Waals surface area contributed by atoms with Gasteiger partial charge in [0.05, 0.1) is 0 Å². The summed E-state index contributed by atoms with van der Waals surface area (Å²) in [5.41, 5.74) is 5.56. The molecule has 78 valence electrons. The Balaban J connectivity index is 2.18. The van der Waals surface area contributed by atoms with Gasteiger partial charge in [-0.2, -0.15) is 0 Å². The van der Waals surface area contributed by atoms with E-state index in [9.17, 15) is 0 Å². The van der Waals surface area contributed by atoms with Crippen LogP contribution in [0.3, 0.4) is 0 Å². The Kier molecular flexibility index (Phi) is 4.83. The fourth-order valence-electron chi connectivity index (χ4n) is 1.32. The first-order chi connectivity index (χ1) is 6.83. The van der Waals surface area contributed by atoms with E-state index in [0.717, 1.165) is 12.4 Å². The number of hydrogen-bond donors (Lipinski definition) is 2. The largest absolute Gasteiger partial charge is 0.384 e. The summed E-state index contributed by atoms with van der Waals surface area (Å²) in [6, 6.07) is 5.65. The lowest BCUT2D eigenvalue weighted by Crippen LogP contribution is -2.04. The van der Waals surface area contributed by atoms with Gasteiger partial charge in [-0.3, -0.25) is 0 Å². The molecule has 1 heterocycles. The highest BCUT2D eigenvalue weighted by Gasteiger charge is 1.93. The first-order valence-electron chi connectivity index (χ1n) is 5.29. The number of nitrogens with one attached hydrogen (secondary N) is 1. The molecule has 0 fully saturated rings. The summed E-state index contributed by atoms with van der Waals surface area (Å²) in [4.78, 5) is 4.16. The number of pyridine rings is 1. The zero-order chi connectivity index (χ0) is 10.2. The lowest BCUT2D eigenvalue weighted by Gasteiger charge is -2.05. The molecule has 0 atom stereocenters. The van der Waals surface area contributed by atoms with E-state index < -0.39 is 0 Å². The number of nitrogen functional groups attached to an aromatic ring is 1. The zero-order valence-corrected chi connectivity index (χ0v) is 8.79. The standard InChI is InChI=1S/C11H19N3/c1-2-3-4-5-9-13-11-8-6-7-10(12)14-11/h6-8H,2-5,9H2,1H3,(H3,12,13,14). The number of nitrogens with two attached hydrogens (primary N) is 1. The van der Waals surface area contributed by atoms with Crippen molar-refractivity contribution >= 4 is 11.6 Å². The summed E-state index contributed by atoms with van der Waals surface area (Å²) in [6.07, 6.45) is 5.07. The van der Waals surface area contributed by atoms with Gasteiger partial charge in [-0.25, -0.2) is 4.98 Å². The average Bonchev–Trinajstić information content (AvgIpc) is 2.18. The molecular weight excluding hydrogens is 174 g/mol. The second-order valence-corrected chi connectivity index (χ2v) is 3.44. The van der Waals surface area contributed by atoms with E-state index in [1.54, 1.807) is 6.07 Å². The fourth-order valence-corrected chi connectivity index (χ4v) is 1.32. The molecule has 0 aliphatic heterocycles. The van der Waals surface area contributed by atoms with Gasteiger partial charge >= 0.3 is 0 Å². The second kappa shape index (κ2) is 6.24. The lowest BCUT2D eigenvalue weighted by molar-refractivity contribution is 0.684. The van der Waals surface area contributed by atoms with Crippen LogP contribution in [0.25, 0.3) is 0 Å². The summed E-state index contributed by atoms with van der Waals surface area (Å²) in [5, 5.41) is 3.25. The second-order valence-electron chi connectivity index (χ2n) is 3.44. The van der Waals surface area contributed by atoms with Crippen molar-refractivity contribution in [3.63, 3.8) is 0 Å². The molecule has 0 amide bonds. The molecule has 1 aromatic heterocycles. The maximum atomic E-state index is 5.56. The van der Waals surface area contributed by atoms with Crippen LogP contribution in [-0.4, -0.2) is 11.5 Å². The minimum absolute atomic E-state index is 0.573. The molecule has 0 saturated heterocycles. The third-order valence-corrected chi connectivity index (χ3v) is 2.11. The number of rotatable bonds is 6. The molecule has 3 heteroatoms. The fraction of sp³-hybridized carbons (Fsp3) is 0.545. The highest BCUT2D eigenvalue weighted by molar-refractivity contribution is 5.41. The van der Waals surface area contributed by atoms with Gasteiger partial charge in [-0.15, -0.1) is 0 Å². The van der Waals surface area contributed by atoms with Crippen molar-refractivity contribution in [3.8, 4) is 0 Å². The Morgan fingerprint density at radius 1 is 1.29 bits per heavy atom. The molecule has 14 heavy (non-hydrogen) atoms. The van der Waals surface area contributed by atoms with Crippen LogP contribution in [0.15, 0.2) is 18.2 Å². The maximum Gasteiger partial charge on any atom is 0.128 e. The van der Waals surface area contributed by atoms with Crippen molar-refractivity contribution in [2.24, 2.45) is 0 Å². The van der Waals surface area contributed by atoms with Gasteiger partial charge < -0.3 is 11.1 Å². The number of nitrogens with zero attached hydrogens (tertiary/aromatic N) is 1. The van der Waals surface area contributed by atoms with Crippen LogP contribution in [0.1, 0.15) is 32.6 Å². The van der Waals surface area contributed by atoms with Gasteiger partial charge in [-0.1, -0.05) is 32.3 Å². The van der Waals surface area contributed by atoms with Crippen LogP contribution >= 0.6 is 0 Å². The van der Waals surface area contributed by atoms with E-state index >= 15 is 0 Å². The smallest absolute Gasteiger partial charge is 0.128 e. The molecule has 1 aromatic rings. The quantitative estimate of drug-likeness (QED) is 0.683.